The third-order valence-electron chi connectivity index (χ3n) is 4.02. The number of benzene rings is 2. The van der Waals surface area contributed by atoms with Gasteiger partial charge in [0.05, 0.1) is 6.61 Å². The summed E-state index contributed by atoms with van der Waals surface area (Å²) in [5.74, 6) is -0.297. The number of H-pyrrole nitrogens is 1. The number of ether oxygens (including phenoxy) is 1. The highest BCUT2D eigenvalue weighted by atomic mass is 16.5. The van der Waals surface area contributed by atoms with Crippen molar-refractivity contribution in [2.75, 3.05) is 11.9 Å². The third kappa shape index (κ3) is 4.22. The van der Waals surface area contributed by atoms with Crippen molar-refractivity contribution >= 4 is 28.6 Å². The average Bonchev–Trinajstić information content (AvgIpc) is 3.05. The number of nitrogens with one attached hydrogen (secondary N) is 3. The highest BCUT2D eigenvalue weighted by Crippen LogP contribution is 2.19. The molecule has 2 amide bonds. The molecule has 6 heteroatoms. The molecule has 0 fully saturated rings. The lowest BCUT2D eigenvalue weighted by atomic mass is 10.0. The number of hydrogen-bond acceptors (Lipinski definition) is 3. The molecule has 1 heterocycles. The minimum atomic E-state index is -0.756. The summed E-state index contributed by atoms with van der Waals surface area (Å²) in [6.07, 6.45) is 1.60. The first-order valence-corrected chi connectivity index (χ1v) is 8.51. The molecule has 0 saturated heterocycles. The topological polar surface area (TPSA) is 83.2 Å². The maximum absolute atomic E-state index is 12.7. The molecule has 134 valence electrons. The van der Waals surface area contributed by atoms with Gasteiger partial charge < -0.3 is 20.4 Å². The van der Waals surface area contributed by atoms with Crippen LogP contribution in [0.15, 0.2) is 60.8 Å². The van der Waals surface area contributed by atoms with Gasteiger partial charge in [0.25, 0.3) is 0 Å². The fraction of sp³-hybridized carbons (Fsp3) is 0.200. The van der Waals surface area contributed by atoms with Crippen molar-refractivity contribution in [2.45, 2.75) is 19.4 Å². The van der Waals surface area contributed by atoms with Crippen LogP contribution in [0.3, 0.4) is 0 Å². The Bertz CT molecular complexity index is 889. The lowest BCUT2D eigenvalue weighted by Crippen LogP contribution is -2.45. The fourth-order valence-corrected chi connectivity index (χ4v) is 2.80. The molecule has 0 aliphatic carbocycles. The molecular weight excluding hydrogens is 330 g/mol. The van der Waals surface area contributed by atoms with Gasteiger partial charge in [-0.15, -0.1) is 0 Å². The summed E-state index contributed by atoms with van der Waals surface area (Å²) in [6, 6.07) is 16.2. The Hall–Kier alpha value is -3.28. The van der Waals surface area contributed by atoms with E-state index in [0.717, 1.165) is 16.5 Å². The molecule has 2 aromatic carbocycles. The van der Waals surface area contributed by atoms with Crippen LogP contribution >= 0.6 is 0 Å². The number of para-hydroxylation sites is 2. The maximum atomic E-state index is 12.7. The van der Waals surface area contributed by atoms with E-state index in [1.165, 1.54) is 0 Å². The summed E-state index contributed by atoms with van der Waals surface area (Å²) in [5.41, 5.74) is 2.61. The molecule has 0 aliphatic rings. The van der Waals surface area contributed by atoms with Crippen LogP contribution in [0.2, 0.25) is 0 Å². The molecule has 3 rings (SSSR count). The predicted octanol–water partition coefficient (Wildman–Crippen LogP) is 3.46. The number of aromatic amines is 1. The van der Waals surface area contributed by atoms with Gasteiger partial charge in [0.1, 0.15) is 6.04 Å². The number of amides is 2. The van der Waals surface area contributed by atoms with Crippen molar-refractivity contribution in [3.05, 3.63) is 66.4 Å². The maximum Gasteiger partial charge on any atom is 0.407 e. The predicted molar refractivity (Wildman–Crippen MR) is 101 cm³/mol. The second-order valence-corrected chi connectivity index (χ2v) is 5.84. The number of fused-ring (bicyclic) bond motifs is 1. The lowest BCUT2D eigenvalue weighted by Gasteiger charge is -2.18. The van der Waals surface area contributed by atoms with Crippen LogP contribution in [-0.4, -0.2) is 29.6 Å². The van der Waals surface area contributed by atoms with Gasteiger partial charge in [-0.3, -0.25) is 4.79 Å². The summed E-state index contributed by atoms with van der Waals surface area (Å²) in [4.78, 5) is 27.8. The fourth-order valence-electron chi connectivity index (χ4n) is 2.80. The Morgan fingerprint density at radius 2 is 1.81 bits per heavy atom. The van der Waals surface area contributed by atoms with Crippen molar-refractivity contribution < 1.29 is 14.3 Å². The Labute approximate surface area is 151 Å². The van der Waals surface area contributed by atoms with E-state index in [9.17, 15) is 9.59 Å². The molecule has 3 N–H and O–H groups in total. The van der Waals surface area contributed by atoms with Crippen LogP contribution in [-0.2, 0) is 16.0 Å². The average molecular weight is 351 g/mol. The van der Waals surface area contributed by atoms with Crippen LogP contribution in [0, 0.1) is 0 Å². The van der Waals surface area contributed by atoms with E-state index in [1.807, 2.05) is 48.7 Å². The van der Waals surface area contributed by atoms with E-state index in [4.69, 9.17) is 4.74 Å². The normalized spacial score (nSPS) is 11.7. The van der Waals surface area contributed by atoms with Gasteiger partial charge in [0, 0.05) is 29.2 Å². The molecule has 1 atom stereocenters. The molecule has 0 aliphatic heterocycles. The van der Waals surface area contributed by atoms with E-state index < -0.39 is 12.1 Å². The first kappa shape index (κ1) is 17.5. The van der Waals surface area contributed by atoms with E-state index in [-0.39, 0.29) is 12.5 Å². The third-order valence-corrected chi connectivity index (χ3v) is 4.02. The summed E-state index contributed by atoms with van der Waals surface area (Å²) in [6.45, 7) is 1.96. The smallest absolute Gasteiger partial charge is 0.407 e. The van der Waals surface area contributed by atoms with Crippen LogP contribution in [0.4, 0.5) is 10.5 Å². The van der Waals surface area contributed by atoms with E-state index in [0.29, 0.717) is 12.1 Å². The van der Waals surface area contributed by atoms with Gasteiger partial charge in [-0.25, -0.2) is 4.79 Å². The molecule has 0 spiro atoms. The van der Waals surface area contributed by atoms with Crippen LogP contribution in [0.5, 0.6) is 0 Å². The van der Waals surface area contributed by atoms with Crippen LogP contribution in [0.25, 0.3) is 10.9 Å². The lowest BCUT2D eigenvalue weighted by molar-refractivity contribution is -0.118. The van der Waals surface area contributed by atoms with Gasteiger partial charge in [-0.1, -0.05) is 36.4 Å². The van der Waals surface area contributed by atoms with Gasteiger partial charge >= 0.3 is 6.09 Å². The summed E-state index contributed by atoms with van der Waals surface area (Å²) in [5, 5.41) is 6.51. The summed E-state index contributed by atoms with van der Waals surface area (Å²) < 4.78 is 4.94. The monoisotopic (exact) mass is 351 g/mol. The van der Waals surface area contributed by atoms with Crippen molar-refractivity contribution in [3.63, 3.8) is 0 Å². The number of carbonyl (C=O) groups is 2. The number of aromatic nitrogens is 1. The Morgan fingerprint density at radius 1 is 1.08 bits per heavy atom. The second kappa shape index (κ2) is 8.20. The van der Waals surface area contributed by atoms with Gasteiger partial charge in [-0.2, -0.15) is 0 Å². The number of alkyl carbamates (subject to hydrolysis) is 1. The van der Waals surface area contributed by atoms with Crippen molar-refractivity contribution in [3.8, 4) is 0 Å². The molecule has 6 nitrogen and oxygen atoms in total. The Morgan fingerprint density at radius 3 is 2.58 bits per heavy atom. The van der Waals surface area contributed by atoms with E-state index in [2.05, 4.69) is 15.6 Å². The standard InChI is InChI=1S/C20H21N3O3/c1-2-26-20(25)23-18(19(24)22-15-8-4-3-5-9-15)12-14-13-21-17-11-7-6-10-16(14)17/h3-11,13,18,21H,2,12H2,1H3,(H,22,24)(H,23,25). The number of hydrogen-bond donors (Lipinski definition) is 3. The molecule has 1 aromatic heterocycles. The van der Waals surface area contributed by atoms with Crippen LogP contribution in [0.1, 0.15) is 12.5 Å². The number of rotatable bonds is 6. The van der Waals surface area contributed by atoms with Crippen molar-refractivity contribution in [1.29, 1.82) is 0 Å². The molecule has 3 aromatic rings. The zero-order valence-corrected chi connectivity index (χ0v) is 14.5. The number of carbonyl (C=O) groups excluding carboxylic acids is 2. The Kier molecular flexibility index (Phi) is 5.53. The summed E-state index contributed by atoms with van der Waals surface area (Å²) in [7, 11) is 0. The van der Waals surface area contributed by atoms with Crippen molar-refractivity contribution in [1.82, 2.24) is 10.3 Å². The Balaban J connectivity index is 1.80. The first-order chi connectivity index (χ1) is 12.7. The van der Waals surface area contributed by atoms with E-state index >= 15 is 0 Å². The molecule has 0 saturated carbocycles. The van der Waals surface area contributed by atoms with Gasteiger partial charge in [0.2, 0.25) is 5.91 Å². The van der Waals surface area contributed by atoms with Crippen LogP contribution < -0.4 is 10.6 Å². The van der Waals surface area contributed by atoms with E-state index in [1.54, 1.807) is 19.1 Å². The largest absolute Gasteiger partial charge is 0.450 e. The number of anilines is 1. The zero-order chi connectivity index (χ0) is 18.4. The van der Waals surface area contributed by atoms with Gasteiger partial charge in [0.15, 0.2) is 0 Å². The minimum absolute atomic E-state index is 0.242. The molecule has 0 bridgehead atoms. The molecular formula is C20H21N3O3. The molecule has 1 unspecified atom stereocenters. The second-order valence-electron chi connectivity index (χ2n) is 5.84. The highest BCUT2D eigenvalue weighted by Gasteiger charge is 2.23. The SMILES string of the molecule is CCOC(=O)NC(Cc1c[nH]c2ccccc12)C(=O)Nc1ccccc1. The summed E-state index contributed by atoms with van der Waals surface area (Å²) >= 11 is 0. The minimum Gasteiger partial charge on any atom is -0.450 e. The van der Waals surface area contributed by atoms with Gasteiger partial charge in [-0.05, 0) is 30.7 Å². The zero-order valence-electron chi connectivity index (χ0n) is 14.5. The first-order valence-electron chi connectivity index (χ1n) is 8.51. The molecule has 26 heavy (non-hydrogen) atoms. The van der Waals surface area contributed by atoms with Crippen molar-refractivity contribution in [2.24, 2.45) is 0 Å². The quantitative estimate of drug-likeness (QED) is 0.636. The highest BCUT2D eigenvalue weighted by molar-refractivity contribution is 5.97. The molecule has 0 radical (unpaired) electrons.